The van der Waals surface area contributed by atoms with E-state index in [4.69, 9.17) is 14.0 Å². The van der Waals surface area contributed by atoms with Crippen molar-refractivity contribution in [3.05, 3.63) is 42.1 Å². The van der Waals surface area contributed by atoms with Gasteiger partial charge >= 0.3 is 13.2 Å². The predicted molar refractivity (Wildman–Crippen MR) is 127 cm³/mol. The fraction of sp³-hybridized carbons (Fsp3) is 0.560. The van der Waals surface area contributed by atoms with Gasteiger partial charge in [0.05, 0.1) is 17.2 Å². The van der Waals surface area contributed by atoms with E-state index in [2.05, 4.69) is 69.1 Å². The molecule has 172 valence electrons. The summed E-state index contributed by atoms with van der Waals surface area (Å²) in [5.74, 6) is 0. The van der Waals surface area contributed by atoms with E-state index < -0.39 is 5.60 Å². The standard InChI is InChI=1S/C25H35BN2O4/c1-23(2,3)30-22(29)28-16-8-9-21(28)20-15-14-19(27-20)17-10-12-18(13-11-17)26-31-24(4,5)25(6,7)32-26/h10-15,21,27H,8-9,16H2,1-7H3. The van der Waals surface area contributed by atoms with Crippen molar-refractivity contribution in [2.75, 3.05) is 6.54 Å². The van der Waals surface area contributed by atoms with Crippen molar-refractivity contribution < 1.29 is 18.8 Å². The number of carbonyl (C=O) groups excluding carboxylic acids is 1. The van der Waals surface area contributed by atoms with Crippen LogP contribution in [0.3, 0.4) is 0 Å². The number of aromatic nitrogens is 1. The average Bonchev–Trinajstić information content (AvgIpc) is 3.38. The molecule has 0 spiro atoms. The molecule has 32 heavy (non-hydrogen) atoms. The summed E-state index contributed by atoms with van der Waals surface area (Å²) in [5, 5.41) is 0. The van der Waals surface area contributed by atoms with E-state index in [1.54, 1.807) is 0 Å². The van der Waals surface area contributed by atoms with Crippen molar-refractivity contribution in [2.45, 2.75) is 84.2 Å². The lowest BCUT2D eigenvalue weighted by Crippen LogP contribution is -2.41. The number of likely N-dealkylation sites (tertiary alicyclic amines) is 1. The lowest BCUT2D eigenvalue weighted by molar-refractivity contribution is 0.00578. The van der Waals surface area contributed by atoms with Crippen LogP contribution in [0.4, 0.5) is 4.79 Å². The Morgan fingerprint density at radius 3 is 2.28 bits per heavy atom. The Balaban J connectivity index is 1.48. The molecule has 6 nitrogen and oxygen atoms in total. The van der Waals surface area contributed by atoms with Gasteiger partial charge < -0.3 is 19.0 Å². The first-order valence-corrected chi connectivity index (χ1v) is 11.5. The Kier molecular flexibility index (Phi) is 5.70. The highest BCUT2D eigenvalue weighted by atomic mass is 16.7. The number of hydrogen-bond donors (Lipinski definition) is 1. The van der Waals surface area contributed by atoms with Crippen LogP contribution in [0.1, 0.15) is 73.0 Å². The van der Waals surface area contributed by atoms with Crippen molar-refractivity contribution in [1.82, 2.24) is 9.88 Å². The molecule has 1 aromatic heterocycles. The number of ether oxygens (including phenoxy) is 1. The second-order valence-electron chi connectivity index (χ2n) is 10.9. The molecule has 7 heteroatoms. The molecule has 2 aliphatic rings. The summed E-state index contributed by atoms with van der Waals surface area (Å²) in [5.41, 5.74) is 2.95. The molecule has 4 rings (SSSR count). The van der Waals surface area contributed by atoms with Crippen molar-refractivity contribution in [2.24, 2.45) is 0 Å². The summed E-state index contributed by atoms with van der Waals surface area (Å²) in [6, 6.07) is 12.4. The van der Waals surface area contributed by atoms with Crippen LogP contribution in [0, 0.1) is 0 Å². The van der Waals surface area contributed by atoms with Gasteiger partial charge in [-0.05, 0) is 84.5 Å². The minimum atomic E-state index is -0.496. The van der Waals surface area contributed by atoms with Crippen LogP contribution in [0.5, 0.6) is 0 Å². The van der Waals surface area contributed by atoms with Crippen LogP contribution in [0.15, 0.2) is 36.4 Å². The van der Waals surface area contributed by atoms with E-state index >= 15 is 0 Å². The van der Waals surface area contributed by atoms with Gasteiger partial charge in [-0.3, -0.25) is 4.90 Å². The molecule has 2 fully saturated rings. The van der Waals surface area contributed by atoms with Crippen molar-refractivity contribution in [3.63, 3.8) is 0 Å². The first-order chi connectivity index (χ1) is 14.9. The van der Waals surface area contributed by atoms with Gasteiger partial charge in [0.25, 0.3) is 0 Å². The number of hydrogen-bond acceptors (Lipinski definition) is 4. The van der Waals surface area contributed by atoms with Crippen LogP contribution < -0.4 is 5.46 Å². The van der Waals surface area contributed by atoms with Gasteiger partial charge in [0.15, 0.2) is 0 Å². The van der Waals surface area contributed by atoms with Crippen LogP contribution in [-0.4, -0.2) is 46.4 Å². The third kappa shape index (κ3) is 4.46. The second-order valence-corrected chi connectivity index (χ2v) is 10.9. The number of aromatic amines is 1. The minimum Gasteiger partial charge on any atom is -0.444 e. The van der Waals surface area contributed by atoms with E-state index in [9.17, 15) is 4.79 Å². The highest BCUT2D eigenvalue weighted by molar-refractivity contribution is 6.62. The Morgan fingerprint density at radius 1 is 1.06 bits per heavy atom. The molecule has 0 bridgehead atoms. The Labute approximate surface area is 191 Å². The normalized spacial score (nSPS) is 22.4. The number of benzene rings is 1. The molecular weight excluding hydrogens is 403 g/mol. The number of nitrogens with zero attached hydrogens (tertiary/aromatic N) is 1. The molecule has 2 saturated heterocycles. The molecular formula is C25H35BN2O4. The van der Waals surface area contributed by atoms with Gasteiger partial charge in [-0.15, -0.1) is 0 Å². The molecule has 3 heterocycles. The zero-order valence-electron chi connectivity index (χ0n) is 20.3. The van der Waals surface area contributed by atoms with Crippen molar-refractivity contribution in [3.8, 4) is 11.3 Å². The van der Waals surface area contributed by atoms with Crippen LogP contribution in [0.2, 0.25) is 0 Å². The van der Waals surface area contributed by atoms with Crippen molar-refractivity contribution in [1.29, 1.82) is 0 Å². The third-order valence-corrected chi connectivity index (χ3v) is 6.70. The van der Waals surface area contributed by atoms with Gasteiger partial charge in [0.1, 0.15) is 5.60 Å². The highest BCUT2D eigenvalue weighted by Gasteiger charge is 2.51. The Bertz CT molecular complexity index is 959. The summed E-state index contributed by atoms with van der Waals surface area (Å²) in [7, 11) is -0.367. The first-order valence-electron chi connectivity index (χ1n) is 11.5. The largest absolute Gasteiger partial charge is 0.494 e. The van der Waals surface area contributed by atoms with Crippen molar-refractivity contribution >= 4 is 18.7 Å². The summed E-state index contributed by atoms with van der Waals surface area (Å²) in [4.78, 5) is 18.0. The van der Waals surface area contributed by atoms with E-state index in [1.165, 1.54) is 0 Å². The Hall–Kier alpha value is -2.25. The zero-order valence-corrected chi connectivity index (χ0v) is 20.3. The summed E-state index contributed by atoms with van der Waals surface area (Å²) < 4.78 is 17.9. The lowest BCUT2D eigenvalue weighted by Gasteiger charge is -2.32. The summed E-state index contributed by atoms with van der Waals surface area (Å²) in [6.07, 6.45) is 1.66. The van der Waals surface area contributed by atoms with Gasteiger partial charge in [-0.1, -0.05) is 24.3 Å². The SMILES string of the molecule is CC(C)(C)OC(=O)N1CCCC1c1ccc(-c2ccc(B3OC(C)(C)C(C)(C)O3)cc2)[nH]1. The van der Waals surface area contributed by atoms with Gasteiger partial charge in [0, 0.05) is 17.9 Å². The number of nitrogens with one attached hydrogen (secondary N) is 1. The fourth-order valence-corrected chi connectivity index (χ4v) is 4.20. The Morgan fingerprint density at radius 2 is 1.69 bits per heavy atom. The number of rotatable bonds is 3. The molecule has 1 unspecified atom stereocenters. The number of carbonyl (C=O) groups is 1. The molecule has 1 aromatic carbocycles. The maximum absolute atomic E-state index is 12.6. The maximum Gasteiger partial charge on any atom is 0.494 e. The lowest BCUT2D eigenvalue weighted by atomic mass is 9.79. The zero-order chi connectivity index (χ0) is 23.3. The van der Waals surface area contributed by atoms with E-state index in [1.807, 2.05) is 25.7 Å². The quantitative estimate of drug-likeness (QED) is 0.681. The molecule has 2 aromatic rings. The van der Waals surface area contributed by atoms with Gasteiger partial charge in [-0.2, -0.15) is 0 Å². The molecule has 1 atom stereocenters. The average molecular weight is 438 g/mol. The first kappa shape index (κ1) is 22.9. The molecule has 0 saturated carbocycles. The van der Waals surface area contributed by atoms with Crippen LogP contribution in [0.25, 0.3) is 11.3 Å². The fourth-order valence-electron chi connectivity index (χ4n) is 4.20. The highest BCUT2D eigenvalue weighted by Crippen LogP contribution is 2.37. The third-order valence-electron chi connectivity index (χ3n) is 6.70. The van der Waals surface area contributed by atoms with Crippen LogP contribution >= 0.6 is 0 Å². The molecule has 2 aliphatic heterocycles. The monoisotopic (exact) mass is 438 g/mol. The summed E-state index contributed by atoms with van der Waals surface area (Å²) >= 11 is 0. The molecule has 1 N–H and O–H groups in total. The molecule has 0 aliphatic carbocycles. The van der Waals surface area contributed by atoms with E-state index in [0.29, 0.717) is 0 Å². The number of amides is 1. The predicted octanol–water partition coefficient (Wildman–Crippen LogP) is 5.05. The molecule has 0 radical (unpaired) electrons. The maximum atomic E-state index is 12.6. The van der Waals surface area contributed by atoms with E-state index in [-0.39, 0.29) is 30.5 Å². The molecule has 1 amide bonds. The topological polar surface area (TPSA) is 63.8 Å². The van der Waals surface area contributed by atoms with Gasteiger partial charge in [0.2, 0.25) is 0 Å². The van der Waals surface area contributed by atoms with Crippen LogP contribution in [-0.2, 0) is 14.0 Å². The minimum absolute atomic E-state index is 0.0163. The smallest absolute Gasteiger partial charge is 0.444 e. The summed E-state index contributed by atoms with van der Waals surface area (Å²) in [6.45, 7) is 14.7. The second kappa shape index (κ2) is 7.96. The van der Waals surface area contributed by atoms with E-state index in [0.717, 1.165) is 41.8 Å². The number of H-pyrrole nitrogens is 1. The van der Waals surface area contributed by atoms with Gasteiger partial charge in [-0.25, -0.2) is 4.79 Å².